The van der Waals surface area contributed by atoms with Crippen molar-refractivity contribution in [2.45, 2.75) is 36.1 Å². The highest BCUT2D eigenvalue weighted by molar-refractivity contribution is 7.89. The number of rotatable bonds is 8. The Balaban J connectivity index is 1.98. The van der Waals surface area contributed by atoms with Gasteiger partial charge in [0.15, 0.2) is 11.8 Å². The predicted molar refractivity (Wildman–Crippen MR) is 119 cm³/mol. The van der Waals surface area contributed by atoms with Crippen LogP contribution in [-0.2, 0) is 19.6 Å². The number of aromatic nitrogens is 1. The first-order chi connectivity index (χ1) is 14.7. The average molecular weight is 469 g/mol. The number of ether oxygens (including phenoxy) is 1. The molecule has 1 heterocycles. The molecule has 1 aromatic carbocycles. The lowest BCUT2D eigenvalue weighted by Crippen LogP contribution is -2.57. The molecule has 1 aliphatic carbocycles. The molecule has 31 heavy (non-hydrogen) atoms. The fourth-order valence-electron chi connectivity index (χ4n) is 3.66. The van der Waals surface area contributed by atoms with Crippen LogP contribution in [0.25, 0.3) is 10.8 Å². The molecule has 1 amide bonds. The van der Waals surface area contributed by atoms with Crippen molar-refractivity contribution in [3.05, 3.63) is 29.4 Å². The molecule has 3 rings (SSSR count). The summed E-state index contributed by atoms with van der Waals surface area (Å²) >= 11 is 6.19. The second-order valence-electron chi connectivity index (χ2n) is 7.32. The summed E-state index contributed by atoms with van der Waals surface area (Å²) in [5.41, 5.74) is 9.70. The maximum absolute atomic E-state index is 13.2. The quantitative estimate of drug-likeness (QED) is 0.256. The summed E-state index contributed by atoms with van der Waals surface area (Å²) in [7, 11) is -2.53. The second kappa shape index (κ2) is 9.35. The maximum Gasteiger partial charge on any atom is 0.241 e. The Kier molecular flexibility index (Phi) is 6.99. The lowest BCUT2D eigenvalue weighted by Gasteiger charge is -2.28. The Hall–Kier alpha value is -2.47. The van der Waals surface area contributed by atoms with Gasteiger partial charge in [-0.1, -0.05) is 30.5 Å². The SMILES string of the molecule is COCCNC(=O)C1(NS(=O)(=O)c2ccc3c(Cl)cnc(N=C(N)N)c3c2)CCCC1. The van der Waals surface area contributed by atoms with E-state index < -0.39 is 15.6 Å². The lowest BCUT2D eigenvalue weighted by atomic mass is 9.98. The summed E-state index contributed by atoms with van der Waals surface area (Å²) < 4.78 is 34.1. The van der Waals surface area contributed by atoms with E-state index in [0.717, 1.165) is 12.8 Å². The summed E-state index contributed by atoms with van der Waals surface area (Å²) in [5, 5.41) is 3.98. The zero-order valence-corrected chi connectivity index (χ0v) is 18.6. The van der Waals surface area contributed by atoms with Crippen LogP contribution in [0.1, 0.15) is 25.7 Å². The zero-order valence-electron chi connectivity index (χ0n) is 17.0. The van der Waals surface area contributed by atoms with Crippen LogP contribution in [0.5, 0.6) is 0 Å². The Labute approximate surface area is 185 Å². The molecule has 0 bridgehead atoms. The van der Waals surface area contributed by atoms with Gasteiger partial charge in [0, 0.05) is 30.6 Å². The van der Waals surface area contributed by atoms with E-state index in [0.29, 0.717) is 41.8 Å². The maximum atomic E-state index is 13.2. The molecule has 12 heteroatoms. The van der Waals surface area contributed by atoms with Gasteiger partial charge in [0.05, 0.1) is 16.5 Å². The van der Waals surface area contributed by atoms with Crippen LogP contribution in [0.15, 0.2) is 34.3 Å². The number of fused-ring (bicyclic) bond motifs is 1. The Bertz CT molecular complexity index is 1110. The highest BCUT2D eigenvalue weighted by Gasteiger charge is 2.44. The minimum atomic E-state index is -4.05. The smallest absolute Gasteiger partial charge is 0.241 e. The highest BCUT2D eigenvalue weighted by Crippen LogP contribution is 2.34. The Morgan fingerprint density at radius 2 is 2.00 bits per heavy atom. The number of amides is 1. The number of methoxy groups -OCH3 is 1. The van der Waals surface area contributed by atoms with E-state index in [9.17, 15) is 13.2 Å². The average Bonchev–Trinajstić information content (AvgIpc) is 3.19. The van der Waals surface area contributed by atoms with Gasteiger partial charge in [0.25, 0.3) is 0 Å². The molecule has 0 aliphatic heterocycles. The van der Waals surface area contributed by atoms with E-state index in [1.54, 1.807) is 6.07 Å². The monoisotopic (exact) mass is 468 g/mol. The fourth-order valence-corrected chi connectivity index (χ4v) is 5.32. The number of guanidine groups is 1. The highest BCUT2D eigenvalue weighted by atomic mass is 35.5. The first kappa shape index (κ1) is 23.2. The number of nitrogens with two attached hydrogens (primary N) is 2. The molecule has 1 fully saturated rings. The van der Waals surface area contributed by atoms with E-state index in [1.807, 2.05) is 0 Å². The normalized spacial score (nSPS) is 15.7. The van der Waals surface area contributed by atoms with Gasteiger partial charge in [-0.25, -0.2) is 13.4 Å². The summed E-state index contributed by atoms with van der Waals surface area (Å²) in [6.07, 6.45) is 3.69. The summed E-state index contributed by atoms with van der Waals surface area (Å²) in [6, 6.07) is 4.37. The fraction of sp³-hybridized carbons (Fsp3) is 0.421. The molecular weight excluding hydrogens is 444 g/mol. The second-order valence-corrected chi connectivity index (χ2v) is 9.41. The third kappa shape index (κ3) is 5.06. The van der Waals surface area contributed by atoms with Gasteiger partial charge in [0.1, 0.15) is 5.54 Å². The number of halogens is 1. The van der Waals surface area contributed by atoms with Gasteiger partial charge < -0.3 is 21.5 Å². The molecule has 0 unspecified atom stereocenters. The summed E-state index contributed by atoms with van der Waals surface area (Å²) in [4.78, 5) is 20.8. The standard InChI is InChI=1S/C19H25ClN6O4S/c1-30-9-8-23-17(27)19(6-2-3-7-19)26-31(28,29)12-4-5-13-14(10-12)16(25-18(21)22)24-11-15(13)20/h4-5,10-11,26H,2-3,6-9H2,1H3,(H,23,27)(H4,21,22,24,25). The van der Waals surface area contributed by atoms with E-state index in [-0.39, 0.29) is 22.6 Å². The van der Waals surface area contributed by atoms with E-state index in [2.05, 4.69) is 20.0 Å². The number of pyridine rings is 1. The van der Waals surface area contributed by atoms with Crippen LogP contribution in [0.3, 0.4) is 0 Å². The zero-order chi connectivity index (χ0) is 22.6. The van der Waals surface area contributed by atoms with Crippen LogP contribution in [0.4, 0.5) is 5.82 Å². The molecular formula is C19H25ClN6O4S. The van der Waals surface area contributed by atoms with E-state index in [1.165, 1.54) is 25.4 Å². The molecule has 1 aromatic heterocycles. The minimum absolute atomic E-state index is 0.0490. The van der Waals surface area contributed by atoms with Gasteiger partial charge in [0.2, 0.25) is 15.9 Å². The van der Waals surface area contributed by atoms with E-state index in [4.69, 9.17) is 27.8 Å². The number of benzene rings is 1. The van der Waals surface area contributed by atoms with Gasteiger partial charge in [-0.05, 0) is 25.0 Å². The molecule has 2 aromatic rings. The third-order valence-electron chi connectivity index (χ3n) is 5.15. The van der Waals surface area contributed by atoms with Crippen molar-refractivity contribution in [1.82, 2.24) is 15.0 Å². The van der Waals surface area contributed by atoms with Gasteiger partial charge in [-0.3, -0.25) is 4.79 Å². The number of aliphatic imine (C=N–C) groups is 1. The largest absolute Gasteiger partial charge is 0.383 e. The van der Waals surface area contributed by atoms with Crippen LogP contribution in [0, 0.1) is 0 Å². The van der Waals surface area contributed by atoms with Crippen LogP contribution in [0.2, 0.25) is 5.02 Å². The molecule has 0 radical (unpaired) electrons. The molecule has 1 aliphatic rings. The first-order valence-corrected chi connectivity index (χ1v) is 11.5. The predicted octanol–water partition coefficient (Wildman–Crippen LogP) is 1.15. The van der Waals surface area contributed by atoms with Crippen LogP contribution < -0.4 is 21.5 Å². The topological polar surface area (TPSA) is 162 Å². The number of nitrogens with one attached hydrogen (secondary N) is 2. The van der Waals surface area contributed by atoms with Crippen molar-refractivity contribution in [2.24, 2.45) is 16.5 Å². The van der Waals surface area contributed by atoms with Gasteiger partial charge in [-0.2, -0.15) is 9.71 Å². The molecule has 10 nitrogen and oxygen atoms in total. The number of nitrogens with zero attached hydrogens (tertiary/aromatic N) is 2. The van der Waals surface area contributed by atoms with Crippen LogP contribution in [-0.4, -0.2) is 51.1 Å². The molecule has 0 saturated heterocycles. The first-order valence-electron chi connectivity index (χ1n) is 9.68. The van der Waals surface area contributed by atoms with Gasteiger partial charge >= 0.3 is 0 Å². The van der Waals surface area contributed by atoms with E-state index >= 15 is 0 Å². The number of hydrogen-bond acceptors (Lipinski definition) is 6. The number of hydrogen-bond donors (Lipinski definition) is 4. The summed E-state index contributed by atoms with van der Waals surface area (Å²) in [6.45, 7) is 0.626. The van der Waals surface area contributed by atoms with Crippen molar-refractivity contribution in [3.8, 4) is 0 Å². The molecule has 168 valence electrons. The number of sulfonamides is 1. The van der Waals surface area contributed by atoms with Crippen molar-refractivity contribution in [3.63, 3.8) is 0 Å². The van der Waals surface area contributed by atoms with Crippen molar-refractivity contribution < 1.29 is 17.9 Å². The molecule has 0 spiro atoms. The van der Waals surface area contributed by atoms with Crippen molar-refractivity contribution >= 4 is 50.1 Å². The number of carbonyl (C=O) groups excluding carboxylic acids is 1. The molecule has 1 saturated carbocycles. The van der Waals surface area contributed by atoms with Crippen LogP contribution >= 0.6 is 11.6 Å². The number of carbonyl (C=O) groups is 1. The Morgan fingerprint density at radius 3 is 2.65 bits per heavy atom. The lowest BCUT2D eigenvalue weighted by molar-refractivity contribution is -0.127. The van der Waals surface area contributed by atoms with Crippen molar-refractivity contribution in [2.75, 3.05) is 20.3 Å². The van der Waals surface area contributed by atoms with Crippen molar-refractivity contribution in [1.29, 1.82) is 0 Å². The minimum Gasteiger partial charge on any atom is -0.383 e. The Morgan fingerprint density at radius 1 is 1.29 bits per heavy atom. The molecule has 0 atom stereocenters. The van der Waals surface area contributed by atoms with Gasteiger partial charge in [-0.15, -0.1) is 0 Å². The third-order valence-corrected chi connectivity index (χ3v) is 6.98. The molecule has 6 N–H and O–H groups in total. The summed E-state index contributed by atoms with van der Waals surface area (Å²) in [5.74, 6) is -0.443.